The van der Waals surface area contributed by atoms with Crippen LogP contribution in [0.15, 0.2) is 0 Å². The lowest BCUT2D eigenvalue weighted by molar-refractivity contribution is -0.140. The van der Waals surface area contributed by atoms with Gasteiger partial charge in [0.2, 0.25) is 5.91 Å². The van der Waals surface area contributed by atoms with Crippen molar-refractivity contribution < 1.29 is 19.1 Å². The molecule has 6 heteroatoms. The minimum absolute atomic E-state index is 0.138. The summed E-state index contributed by atoms with van der Waals surface area (Å²) in [6, 6.07) is 0.222. The molecule has 0 aliphatic carbocycles. The molecule has 0 N–H and O–H groups in total. The molecule has 2 amide bonds. The van der Waals surface area contributed by atoms with Gasteiger partial charge in [0.1, 0.15) is 5.60 Å². The Kier molecular flexibility index (Phi) is 8.69. The molecular weight excluding hydrogens is 320 g/mol. The Morgan fingerprint density at radius 3 is 2.40 bits per heavy atom. The van der Waals surface area contributed by atoms with Crippen molar-refractivity contribution in [1.29, 1.82) is 0 Å². The first-order valence-corrected chi connectivity index (χ1v) is 9.50. The number of methoxy groups -OCH3 is 1. The minimum Gasteiger partial charge on any atom is -0.444 e. The van der Waals surface area contributed by atoms with Gasteiger partial charge in [-0.1, -0.05) is 13.8 Å². The molecule has 0 saturated carbocycles. The van der Waals surface area contributed by atoms with Gasteiger partial charge in [0, 0.05) is 32.8 Å². The van der Waals surface area contributed by atoms with Gasteiger partial charge in [-0.05, 0) is 46.5 Å². The minimum atomic E-state index is -0.520. The molecule has 1 aliphatic rings. The van der Waals surface area contributed by atoms with Gasteiger partial charge in [-0.3, -0.25) is 4.79 Å². The fraction of sp³-hybridized carbons (Fsp3) is 0.895. The maximum Gasteiger partial charge on any atom is 0.410 e. The molecule has 1 fully saturated rings. The van der Waals surface area contributed by atoms with Crippen LogP contribution in [-0.2, 0) is 14.3 Å². The molecule has 146 valence electrons. The Labute approximate surface area is 152 Å². The highest BCUT2D eigenvalue weighted by Crippen LogP contribution is 2.23. The standard InChI is InChI=1S/C19H36N2O4/c1-7-16(8-2)21(12-13-24-6)17(22)15-10-9-11-20(14-15)18(23)25-19(3,4)5/h15-16H,7-14H2,1-6H3. The second kappa shape index (κ2) is 10.00. The lowest BCUT2D eigenvalue weighted by Crippen LogP contribution is -2.51. The van der Waals surface area contributed by atoms with Crippen molar-refractivity contribution in [2.24, 2.45) is 5.92 Å². The Morgan fingerprint density at radius 1 is 1.24 bits per heavy atom. The van der Waals surface area contributed by atoms with Gasteiger partial charge in [0.05, 0.1) is 12.5 Å². The lowest BCUT2D eigenvalue weighted by atomic mass is 9.95. The third kappa shape index (κ3) is 6.84. The zero-order valence-corrected chi connectivity index (χ0v) is 16.8. The number of ether oxygens (including phenoxy) is 2. The van der Waals surface area contributed by atoms with E-state index in [0.717, 1.165) is 25.7 Å². The average molecular weight is 357 g/mol. The van der Waals surface area contributed by atoms with Gasteiger partial charge in [-0.25, -0.2) is 4.79 Å². The fourth-order valence-corrected chi connectivity index (χ4v) is 3.30. The van der Waals surface area contributed by atoms with Crippen LogP contribution in [0.4, 0.5) is 4.79 Å². The quantitative estimate of drug-likeness (QED) is 0.702. The lowest BCUT2D eigenvalue weighted by Gasteiger charge is -2.38. The first-order chi connectivity index (χ1) is 11.7. The van der Waals surface area contributed by atoms with E-state index >= 15 is 0 Å². The summed E-state index contributed by atoms with van der Waals surface area (Å²) >= 11 is 0. The molecule has 1 rings (SSSR count). The van der Waals surface area contributed by atoms with Gasteiger partial charge >= 0.3 is 6.09 Å². The van der Waals surface area contributed by atoms with E-state index in [9.17, 15) is 9.59 Å². The van der Waals surface area contributed by atoms with Crippen molar-refractivity contribution in [3.05, 3.63) is 0 Å². The zero-order valence-electron chi connectivity index (χ0n) is 16.8. The number of likely N-dealkylation sites (tertiary alicyclic amines) is 1. The number of hydrogen-bond acceptors (Lipinski definition) is 4. The van der Waals surface area contributed by atoms with Gasteiger partial charge in [-0.15, -0.1) is 0 Å². The third-order valence-corrected chi connectivity index (χ3v) is 4.62. The summed E-state index contributed by atoms with van der Waals surface area (Å²) in [5.74, 6) is -0.0160. The van der Waals surface area contributed by atoms with E-state index in [1.54, 1.807) is 12.0 Å². The maximum atomic E-state index is 13.1. The van der Waals surface area contributed by atoms with Crippen molar-refractivity contribution in [1.82, 2.24) is 9.80 Å². The van der Waals surface area contributed by atoms with E-state index in [1.807, 2.05) is 25.7 Å². The van der Waals surface area contributed by atoms with E-state index in [0.29, 0.717) is 26.2 Å². The van der Waals surface area contributed by atoms with Gasteiger partial charge in [0.25, 0.3) is 0 Å². The van der Waals surface area contributed by atoms with E-state index in [4.69, 9.17) is 9.47 Å². The highest BCUT2D eigenvalue weighted by atomic mass is 16.6. The number of nitrogens with zero attached hydrogens (tertiary/aromatic N) is 2. The topological polar surface area (TPSA) is 59.1 Å². The van der Waals surface area contributed by atoms with Crippen LogP contribution in [0.3, 0.4) is 0 Å². The van der Waals surface area contributed by atoms with Crippen LogP contribution in [0.2, 0.25) is 0 Å². The number of carbonyl (C=O) groups is 2. The number of carbonyl (C=O) groups excluding carboxylic acids is 2. The molecule has 1 unspecified atom stereocenters. The van der Waals surface area contributed by atoms with Crippen LogP contribution < -0.4 is 0 Å². The molecule has 0 aromatic heterocycles. The maximum absolute atomic E-state index is 13.1. The van der Waals surface area contributed by atoms with Gasteiger partial charge in [-0.2, -0.15) is 0 Å². The summed E-state index contributed by atoms with van der Waals surface area (Å²) < 4.78 is 10.6. The molecule has 1 atom stereocenters. The smallest absolute Gasteiger partial charge is 0.410 e. The number of amides is 2. The van der Waals surface area contributed by atoms with Crippen molar-refractivity contribution in [2.75, 3.05) is 33.4 Å². The molecule has 0 aromatic carbocycles. The van der Waals surface area contributed by atoms with Gasteiger partial charge < -0.3 is 19.3 Å². The second-order valence-corrected chi connectivity index (χ2v) is 7.76. The van der Waals surface area contributed by atoms with Crippen LogP contribution in [-0.4, -0.2) is 66.8 Å². The van der Waals surface area contributed by atoms with Crippen LogP contribution in [0.5, 0.6) is 0 Å². The molecule has 0 aromatic rings. The molecule has 1 aliphatic heterocycles. The first-order valence-electron chi connectivity index (χ1n) is 9.50. The third-order valence-electron chi connectivity index (χ3n) is 4.62. The Bertz CT molecular complexity index is 430. The molecule has 6 nitrogen and oxygen atoms in total. The summed E-state index contributed by atoms with van der Waals surface area (Å²) in [7, 11) is 1.65. The second-order valence-electron chi connectivity index (χ2n) is 7.76. The van der Waals surface area contributed by atoms with E-state index in [2.05, 4.69) is 13.8 Å². The van der Waals surface area contributed by atoms with Crippen molar-refractivity contribution >= 4 is 12.0 Å². The number of piperidine rings is 1. The first kappa shape index (κ1) is 21.7. The summed E-state index contributed by atoms with van der Waals surface area (Å²) in [6.45, 7) is 12.0. The number of rotatable bonds is 7. The normalized spacial score (nSPS) is 18.4. The summed E-state index contributed by atoms with van der Waals surface area (Å²) in [5, 5.41) is 0. The summed E-state index contributed by atoms with van der Waals surface area (Å²) in [4.78, 5) is 29.1. The van der Waals surface area contributed by atoms with E-state index in [1.165, 1.54) is 0 Å². The molecule has 1 saturated heterocycles. The van der Waals surface area contributed by atoms with E-state index < -0.39 is 5.60 Å². The Balaban J connectivity index is 2.78. The number of hydrogen-bond donors (Lipinski definition) is 0. The molecular formula is C19H36N2O4. The predicted octanol–water partition coefficient (Wildman–Crippen LogP) is 3.30. The van der Waals surface area contributed by atoms with Crippen molar-refractivity contribution in [3.63, 3.8) is 0 Å². The van der Waals surface area contributed by atoms with Crippen LogP contribution >= 0.6 is 0 Å². The molecule has 0 radical (unpaired) electrons. The van der Waals surface area contributed by atoms with Crippen LogP contribution in [0.1, 0.15) is 60.3 Å². The Morgan fingerprint density at radius 2 is 1.88 bits per heavy atom. The van der Waals surface area contributed by atoms with Crippen LogP contribution in [0, 0.1) is 5.92 Å². The zero-order chi connectivity index (χ0) is 19.0. The predicted molar refractivity (Wildman–Crippen MR) is 98.5 cm³/mol. The largest absolute Gasteiger partial charge is 0.444 e. The monoisotopic (exact) mass is 356 g/mol. The van der Waals surface area contributed by atoms with Crippen molar-refractivity contribution in [3.8, 4) is 0 Å². The Hall–Kier alpha value is -1.30. The molecule has 0 bridgehead atoms. The van der Waals surface area contributed by atoms with Crippen molar-refractivity contribution in [2.45, 2.75) is 71.9 Å². The summed E-state index contributed by atoms with van der Waals surface area (Å²) in [5.41, 5.74) is -0.520. The molecule has 25 heavy (non-hydrogen) atoms. The average Bonchev–Trinajstić information content (AvgIpc) is 2.56. The fourth-order valence-electron chi connectivity index (χ4n) is 3.30. The molecule has 1 heterocycles. The highest BCUT2D eigenvalue weighted by molar-refractivity contribution is 5.80. The SMILES string of the molecule is CCC(CC)N(CCOC)C(=O)C1CCCN(C(=O)OC(C)(C)C)C1. The molecule has 0 spiro atoms. The van der Waals surface area contributed by atoms with E-state index in [-0.39, 0.29) is 24.0 Å². The van der Waals surface area contributed by atoms with Gasteiger partial charge in [0.15, 0.2) is 0 Å². The highest BCUT2D eigenvalue weighted by Gasteiger charge is 2.34. The van der Waals surface area contributed by atoms with Crippen LogP contribution in [0.25, 0.3) is 0 Å². The summed E-state index contributed by atoms with van der Waals surface area (Å²) in [6.07, 6.45) is 3.18.